The van der Waals surface area contributed by atoms with E-state index in [2.05, 4.69) is 27.6 Å². The summed E-state index contributed by atoms with van der Waals surface area (Å²) < 4.78 is 5.32. The molecule has 2 heterocycles. The largest absolute Gasteiger partial charge is 0.351 e. The summed E-state index contributed by atoms with van der Waals surface area (Å²) in [5, 5.41) is 6.82. The Balaban J connectivity index is 1.61. The Kier molecular flexibility index (Phi) is 4.83. The van der Waals surface area contributed by atoms with Crippen molar-refractivity contribution < 1.29 is 9.32 Å². The molecule has 0 fully saturated rings. The van der Waals surface area contributed by atoms with Gasteiger partial charge in [-0.05, 0) is 24.1 Å². The molecule has 0 aliphatic carbocycles. The van der Waals surface area contributed by atoms with Crippen LogP contribution in [0.25, 0.3) is 10.7 Å². The first-order valence-electron chi connectivity index (χ1n) is 7.41. The number of hydrogen-bond donors (Lipinski definition) is 1. The van der Waals surface area contributed by atoms with Gasteiger partial charge in [0.1, 0.15) is 0 Å². The second-order valence-corrected chi connectivity index (χ2v) is 6.34. The summed E-state index contributed by atoms with van der Waals surface area (Å²) in [6.45, 7) is 2.03. The van der Waals surface area contributed by atoms with Crippen LogP contribution >= 0.6 is 11.3 Å². The molecule has 1 aromatic carbocycles. The van der Waals surface area contributed by atoms with E-state index in [9.17, 15) is 4.79 Å². The van der Waals surface area contributed by atoms with Crippen molar-refractivity contribution in [1.29, 1.82) is 0 Å². The average molecular weight is 327 g/mol. The van der Waals surface area contributed by atoms with E-state index in [-0.39, 0.29) is 5.91 Å². The fourth-order valence-electron chi connectivity index (χ4n) is 2.16. The first-order valence-corrected chi connectivity index (χ1v) is 8.22. The van der Waals surface area contributed by atoms with Crippen LogP contribution in [0, 0.1) is 0 Å². The summed E-state index contributed by atoms with van der Waals surface area (Å²) in [6.07, 6.45) is 1.60. The smallest absolute Gasteiger partial charge is 0.227 e. The van der Waals surface area contributed by atoms with Gasteiger partial charge in [-0.2, -0.15) is 4.98 Å². The van der Waals surface area contributed by atoms with Gasteiger partial charge in [0, 0.05) is 18.2 Å². The van der Waals surface area contributed by atoms with Crippen molar-refractivity contribution in [3.05, 3.63) is 58.8 Å². The molecule has 6 heteroatoms. The fourth-order valence-corrected chi connectivity index (χ4v) is 3.03. The van der Waals surface area contributed by atoms with E-state index in [1.54, 1.807) is 11.3 Å². The summed E-state index contributed by atoms with van der Waals surface area (Å²) in [4.78, 5) is 17.4. The maximum Gasteiger partial charge on any atom is 0.227 e. The third kappa shape index (κ3) is 4.26. The van der Waals surface area contributed by atoms with E-state index in [0.29, 0.717) is 18.3 Å². The highest BCUT2D eigenvalue weighted by atomic mass is 32.1. The molecule has 0 unspecified atom stereocenters. The van der Waals surface area contributed by atoms with E-state index < -0.39 is 0 Å². The van der Waals surface area contributed by atoms with Gasteiger partial charge in [-0.1, -0.05) is 35.5 Å². The van der Waals surface area contributed by atoms with Gasteiger partial charge >= 0.3 is 0 Å². The number of rotatable bonds is 6. The Morgan fingerprint density at radius 1 is 1.17 bits per heavy atom. The number of amides is 1. The van der Waals surface area contributed by atoms with Gasteiger partial charge in [-0.25, -0.2) is 0 Å². The van der Waals surface area contributed by atoms with E-state index in [1.807, 2.05) is 30.3 Å². The first-order chi connectivity index (χ1) is 11.2. The zero-order chi connectivity index (χ0) is 16.1. The molecule has 5 nitrogen and oxygen atoms in total. The van der Waals surface area contributed by atoms with Crippen LogP contribution in [0.5, 0.6) is 0 Å². The summed E-state index contributed by atoms with van der Waals surface area (Å²) in [6, 6.07) is 14.1. The van der Waals surface area contributed by atoms with E-state index >= 15 is 0 Å². The minimum absolute atomic E-state index is 0.0392. The molecule has 23 heavy (non-hydrogen) atoms. The van der Waals surface area contributed by atoms with E-state index in [4.69, 9.17) is 4.52 Å². The van der Waals surface area contributed by atoms with Gasteiger partial charge in [0.15, 0.2) is 0 Å². The molecule has 2 aromatic heterocycles. The number of nitrogens with one attached hydrogen (secondary N) is 1. The van der Waals surface area contributed by atoms with Crippen molar-refractivity contribution in [2.45, 2.75) is 26.3 Å². The molecular weight excluding hydrogens is 310 g/mol. The second kappa shape index (κ2) is 7.19. The maximum absolute atomic E-state index is 10.9. The number of thiophene rings is 1. The van der Waals surface area contributed by atoms with Gasteiger partial charge in [0.05, 0.1) is 11.4 Å². The lowest BCUT2D eigenvalue weighted by atomic mass is 10.1. The number of carbonyl (C=O) groups is 1. The summed E-state index contributed by atoms with van der Waals surface area (Å²) in [5.74, 6) is 1.20. The molecule has 3 rings (SSSR count). The number of hydrogen-bond acceptors (Lipinski definition) is 5. The van der Waals surface area contributed by atoms with Crippen LogP contribution in [0.3, 0.4) is 0 Å². The first kappa shape index (κ1) is 15.4. The average Bonchev–Trinajstić information content (AvgIpc) is 3.21. The lowest BCUT2D eigenvalue weighted by Gasteiger charge is -1.96. The van der Waals surface area contributed by atoms with Crippen LogP contribution in [-0.2, 0) is 24.2 Å². The SMILES string of the molecule is CC(=O)NCc1ccc(-c2noc(CCc3ccccc3)n2)s1. The van der Waals surface area contributed by atoms with Crippen LogP contribution in [0.2, 0.25) is 0 Å². The Morgan fingerprint density at radius 3 is 2.78 bits per heavy atom. The molecule has 0 aliphatic rings. The zero-order valence-electron chi connectivity index (χ0n) is 12.8. The second-order valence-electron chi connectivity index (χ2n) is 5.17. The molecule has 3 aromatic rings. The third-order valence-electron chi connectivity index (χ3n) is 3.33. The predicted molar refractivity (Wildman–Crippen MR) is 89.0 cm³/mol. The molecule has 0 spiro atoms. The van der Waals surface area contributed by atoms with Gasteiger partial charge in [0.25, 0.3) is 0 Å². The maximum atomic E-state index is 10.9. The standard InChI is InChI=1S/C17H17N3O2S/c1-12(21)18-11-14-8-9-15(23-14)17-19-16(22-20-17)10-7-13-5-3-2-4-6-13/h2-6,8-9H,7,10-11H2,1H3,(H,18,21). The van der Waals surface area contributed by atoms with Crippen molar-refractivity contribution in [2.24, 2.45) is 0 Å². The molecule has 1 N–H and O–H groups in total. The number of aryl methyl sites for hydroxylation is 2. The van der Waals surface area contributed by atoms with Crippen molar-refractivity contribution >= 4 is 17.2 Å². The third-order valence-corrected chi connectivity index (χ3v) is 4.41. The monoisotopic (exact) mass is 327 g/mol. The number of benzene rings is 1. The molecule has 0 saturated carbocycles. The molecule has 118 valence electrons. The summed E-state index contributed by atoms with van der Waals surface area (Å²) in [5.41, 5.74) is 1.25. The molecule has 0 atom stereocenters. The van der Waals surface area contributed by atoms with E-state index in [1.165, 1.54) is 12.5 Å². The summed E-state index contributed by atoms with van der Waals surface area (Å²) >= 11 is 1.56. The summed E-state index contributed by atoms with van der Waals surface area (Å²) in [7, 11) is 0. The quantitative estimate of drug-likeness (QED) is 0.755. The van der Waals surface area contributed by atoms with Crippen molar-refractivity contribution in [3.63, 3.8) is 0 Å². The van der Waals surface area contributed by atoms with Crippen molar-refractivity contribution in [1.82, 2.24) is 15.5 Å². The molecule has 0 saturated heterocycles. The minimum Gasteiger partial charge on any atom is -0.351 e. The van der Waals surface area contributed by atoms with E-state index in [0.717, 1.165) is 22.6 Å². The number of carbonyl (C=O) groups excluding carboxylic acids is 1. The molecule has 1 amide bonds. The lowest BCUT2D eigenvalue weighted by molar-refractivity contribution is -0.119. The van der Waals surface area contributed by atoms with Gasteiger partial charge in [-0.15, -0.1) is 11.3 Å². The molecule has 0 radical (unpaired) electrons. The Morgan fingerprint density at radius 2 is 2.00 bits per heavy atom. The highest BCUT2D eigenvalue weighted by Crippen LogP contribution is 2.26. The Bertz CT molecular complexity index is 780. The molecular formula is C17H17N3O2S. The Hall–Kier alpha value is -2.47. The molecule has 0 bridgehead atoms. The van der Waals surface area contributed by atoms with Gasteiger partial charge in [0.2, 0.25) is 17.6 Å². The van der Waals surface area contributed by atoms with Crippen LogP contribution < -0.4 is 5.32 Å². The highest BCUT2D eigenvalue weighted by Gasteiger charge is 2.11. The number of nitrogens with zero attached hydrogens (tertiary/aromatic N) is 2. The van der Waals surface area contributed by atoms with Crippen molar-refractivity contribution in [3.8, 4) is 10.7 Å². The Labute approximate surface area is 138 Å². The van der Waals surface area contributed by atoms with Crippen LogP contribution in [-0.4, -0.2) is 16.0 Å². The fraction of sp³-hybridized carbons (Fsp3) is 0.235. The predicted octanol–water partition coefficient (Wildman–Crippen LogP) is 3.22. The van der Waals surface area contributed by atoms with Crippen LogP contribution in [0.15, 0.2) is 47.0 Å². The van der Waals surface area contributed by atoms with Gasteiger partial charge < -0.3 is 9.84 Å². The van der Waals surface area contributed by atoms with Crippen LogP contribution in [0.1, 0.15) is 23.3 Å². The lowest BCUT2D eigenvalue weighted by Crippen LogP contribution is -2.17. The number of aromatic nitrogens is 2. The van der Waals surface area contributed by atoms with Crippen LogP contribution in [0.4, 0.5) is 0 Å². The normalized spacial score (nSPS) is 10.7. The minimum atomic E-state index is -0.0392. The molecule has 0 aliphatic heterocycles. The van der Waals surface area contributed by atoms with Crippen molar-refractivity contribution in [2.75, 3.05) is 0 Å². The topological polar surface area (TPSA) is 68.0 Å². The van der Waals surface area contributed by atoms with Gasteiger partial charge in [-0.3, -0.25) is 4.79 Å². The zero-order valence-corrected chi connectivity index (χ0v) is 13.6. The highest BCUT2D eigenvalue weighted by molar-refractivity contribution is 7.15.